The summed E-state index contributed by atoms with van der Waals surface area (Å²) in [6.45, 7) is 2.06. The highest BCUT2D eigenvalue weighted by molar-refractivity contribution is 8.01. The van der Waals surface area contributed by atoms with Gasteiger partial charge in [-0.1, -0.05) is 30.0 Å². The molecule has 0 atom stereocenters. The van der Waals surface area contributed by atoms with Gasteiger partial charge in [0.1, 0.15) is 0 Å². The van der Waals surface area contributed by atoms with Gasteiger partial charge < -0.3 is 5.32 Å². The molecule has 90 valence electrons. The smallest absolute Gasteiger partial charge is 0.230 e. The van der Waals surface area contributed by atoms with Crippen molar-refractivity contribution in [2.45, 2.75) is 17.7 Å². The van der Waals surface area contributed by atoms with Crippen molar-refractivity contribution in [2.75, 3.05) is 11.1 Å². The van der Waals surface area contributed by atoms with Gasteiger partial charge >= 0.3 is 0 Å². The van der Waals surface area contributed by atoms with Crippen LogP contribution in [0.2, 0.25) is 0 Å². The van der Waals surface area contributed by atoms with Crippen LogP contribution in [0.25, 0.3) is 0 Å². The lowest BCUT2D eigenvalue weighted by molar-refractivity contribution is -0.115. The summed E-state index contributed by atoms with van der Waals surface area (Å²) in [5.74, 6) is 0.907. The van der Waals surface area contributed by atoms with Crippen LogP contribution in [0.15, 0.2) is 21.2 Å². The lowest BCUT2D eigenvalue weighted by atomic mass is 10.2. The lowest BCUT2D eigenvalue weighted by Crippen LogP contribution is -2.13. The fourth-order valence-electron chi connectivity index (χ4n) is 1.18. The van der Waals surface area contributed by atoms with Crippen molar-refractivity contribution >= 4 is 45.5 Å². The topological polar surface area (TPSA) is 54.9 Å². The average molecular weight is 285 g/mol. The highest BCUT2D eigenvalue weighted by Crippen LogP contribution is 2.25. The summed E-state index contributed by atoms with van der Waals surface area (Å²) in [4.78, 5) is 11.7. The fraction of sp³-hybridized carbons (Fsp3) is 0.300. The number of carbonyl (C=O) groups excluding carboxylic acids is 1. The van der Waals surface area contributed by atoms with Gasteiger partial charge in [0.25, 0.3) is 0 Å². The summed E-state index contributed by atoms with van der Waals surface area (Å²) >= 11 is 4.62. The molecule has 0 unspecified atom stereocenters. The Hall–Kier alpha value is -0.920. The third-order valence-corrected chi connectivity index (χ3v) is 4.45. The van der Waals surface area contributed by atoms with Gasteiger partial charge in [-0.05, 0) is 28.1 Å². The van der Waals surface area contributed by atoms with Gasteiger partial charge in [0.15, 0.2) is 4.34 Å². The maximum absolute atomic E-state index is 11.7. The Bertz CT molecular complexity index is 481. The van der Waals surface area contributed by atoms with Crippen LogP contribution in [-0.2, 0) is 11.2 Å². The first-order valence-electron chi connectivity index (χ1n) is 5.05. The second-order valence-corrected chi connectivity index (χ2v) is 6.43. The second-order valence-electron chi connectivity index (χ2n) is 3.16. The number of rotatable bonds is 5. The molecule has 0 saturated carbocycles. The zero-order valence-corrected chi connectivity index (χ0v) is 11.6. The first-order chi connectivity index (χ1) is 8.28. The molecule has 0 aliphatic heterocycles. The van der Waals surface area contributed by atoms with Gasteiger partial charge in [0.2, 0.25) is 11.0 Å². The highest BCUT2D eigenvalue weighted by Gasteiger charge is 2.08. The maximum Gasteiger partial charge on any atom is 0.230 e. The molecular weight excluding hydrogens is 274 g/mol. The van der Waals surface area contributed by atoms with Crippen molar-refractivity contribution in [1.82, 2.24) is 10.2 Å². The number of amides is 1. The molecule has 1 N–H and O–H groups in total. The number of carbonyl (C=O) groups is 1. The summed E-state index contributed by atoms with van der Waals surface area (Å²) in [6.07, 6.45) is 0.388. The van der Waals surface area contributed by atoms with E-state index in [4.69, 9.17) is 0 Å². The number of thiophene rings is 1. The Labute approximate surface area is 111 Å². The Morgan fingerprint density at radius 1 is 1.53 bits per heavy atom. The summed E-state index contributed by atoms with van der Waals surface area (Å²) in [7, 11) is 0. The number of hydrogen-bond acceptors (Lipinski definition) is 6. The minimum atomic E-state index is -0.0485. The van der Waals surface area contributed by atoms with E-state index in [1.165, 1.54) is 11.3 Å². The number of aromatic nitrogens is 2. The van der Waals surface area contributed by atoms with Crippen LogP contribution in [0.3, 0.4) is 0 Å². The second kappa shape index (κ2) is 6.13. The third-order valence-electron chi connectivity index (χ3n) is 1.87. The molecule has 4 nitrogen and oxygen atoms in total. The molecular formula is C10H11N3OS3. The molecule has 2 rings (SSSR count). The van der Waals surface area contributed by atoms with Crippen LogP contribution in [0.5, 0.6) is 0 Å². The van der Waals surface area contributed by atoms with Gasteiger partial charge in [0.05, 0.1) is 6.42 Å². The summed E-state index contributed by atoms with van der Waals surface area (Å²) < 4.78 is 0.887. The van der Waals surface area contributed by atoms with Crippen molar-refractivity contribution in [3.05, 3.63) is 22.4 Å². The minimum Gasteiger partial charge on any atom is -0.300 e. The summed E-state index contributed by atoms with van der Waals surface area (Å²) in [5, 5.41) is 15.2. The molecule has 0 radical (unpaired) electrons. The van der Waals surface area contributed by atoms with Crippen LogP contribution in [0, 0.1) is 0 Å². The minimum absolute atomic E-state index is 0.0485. The van der Waals surface area contributed by atoms with Gasteiger partial charge in [-0.15, -0.1) is 10.2 Å². The van der Waals surface area contributed by atoms with Crippen LogP contribution >= 0.6 is 34.4 Å². The molecule has 0 aliphatic rings. The lowest BCUT2D eigenvalue weighted by Gasteiger charge is -1.98. The molecule has 0 bridgehead atoms. The molecule has 7 heteroatoms. The number of hydrogen-bond donors (Lipinski definition) is 1. The van der Waals surface area contributed by atoms with Gasteiger partial charge in [-0.25, -0.2) is 0 Å². The Balaban J connectivity index is 1.89. The molecule has 1 amide bonds. The fourth-order valence-corrected chi connectivity index (χ4v) is 3.52. The number of nitrogens with one attached hydrogen (secondary N) is 1. The van der Waals surface area contributed by atoms with E-state index >= 15 is 0 Å². The van der Waals surface area contributed by atoms with Crippen molar-refractivity contribution in [1.29, 1.82) is 0 Å². The number of anilines is 1. The van der Waals surface area contributed by atoms with E-state index in [9.17, 15) is 4.79 Å². The SMILES string of the molecule is CCSc1nnc(NC(=O)Cc2ccsc2)s1. The Morgan fingerprint density at radius 3 is 3.12 bits per heavy atom. The predicted octanol–water partition coefficient (Wildman–Crippen LogP) is 2.89. The van der Waals surface area contributed by atoms with Crippen LogP contribution in [0.1, 0.15) is 12.5 Å². The molecule has 2 aromatic rings. The van der Waals surface area contributed by atoms with Gasteiger partial charge in [-0.2, -0.15) is 11.3 Å². The first kappa shape index (κ1) is 12.5. The van der Waals surface area contributed by atoms with Crippen molar-refractivity contribution < 1.29 is 4.79 Å². The molecule has 0 spiro atoms. The number of thioether (sulfide) groups is 1. The van der Waals surface area contributed by atoms with Crippen LogP contribution in [0.4, 0.5) is 5.13 Å². The molecule has 2 heterocycles. The van der Waals surface area contributed by atoms with Crippen LogP contribution in [-0.4, -0.2) is 21.9 Å². The zero-order chi connectivity index (χ0) is 12.1. The first-order valence-corrected chi connectivity index (χ1v) is 7.79. The molecule has 2 aromatic heterocycles. The molecule has 0 aliphatic carbocycles. The largest absolute Gasteiger partial charge is 0.300 e. The van der Waals surface area contributed by atoms with Crippen LogP contribution < -0.4 is 5.32 Å². The normalized spacial score (nSPS) is 10.4. The quantitative estimate of drug-likeness (QED) is 0.678. The van der Waals surface area contributed by atoms with Gasteiger partial charge in [-0.3, -0.25) is 4.79 Å². The maximum atomic E-state index is 11.7. The van der Waals surface area contributed by atoms with Crippen molar-refractivity contribution in [3.63, 3.8) is 0 Å². The van der Waals surface area contributed by atoms with E-state index in [0.29, 0.717) is 11.6 Å². The summed E-state index contributed by atoms with van der Waals surface area (Å²) in [6, 6.07) is 1.95. The molecule has 0 fully saturated rings. The molecule has 0 aromatic carbocycles. The third kappa shape index (κ3) is 3.79. The zero-order valence-electron chi connectivity index (χ0n) is 9.17. The van der Waals surface area contributed by atoms with E-state index < -0.39 is 0 Å². The number of nitrogens with zero attached hydrogens (tertiary/aromatic N) is 2. The summed E-state index contributed by atoms with van der Waals surface area (Å²) in [5.41, 5.74) is 1.03. The average Bonchev–Trinajstić information content (AvgIpc) is 2.91. The highest BCUT2D eigenvalue weighted by atomic mass is 32.2. The van der Waals surface area contributed by atoms with E-state index in [2.05, 4.69) is 22.4 Å². The van der Waals surface area contributed by atoms with E-state index in [0.717, 1.165) is 15.7 Å². The van der Waals surface area contributed by atoms with Crippen molar-refractivity contribution in [2.24, 2.45) is 0 Å². The van der Waals surface area contributed by atoms with E-state index in [1.54, 1.807) is 23.1 Å². The van der Waals surface area contributed by atoms with Crippen molar-refractivity contribution in [3.8, 4) is 0 Å². The Morgan fingerprint density at radius 2 is 2.41 bits per heavy atom. The predicted molar refractivity (Wildman–Crippen MR) is 73.0 cm³/mol. The Kier molecular flexibility index (Phi) is 4.52. The van der Waals surface area contributed by atoms with E-state index in [-0.39, 0.29) is 5.91 Å². The molecule has 0 saturated heterocycles. The van der Waals surface area contributed by atoms with Gasteiger partial charge in [0, 0.05) is 0 Å². The molecule has 17 heavy (non-hydrogen) atoms. The standard InChI is InChI=1S/C10H11N3OS3/c1-2-16-10-13-12-9(17-10)11-8(14)5-7-3-4-15-6-7/h3-4,6H,2,5H2,1H3,(H,11,12,14). The van der Waals surface area contributed by atoms with E-state index in [1.807, 2.05) is 16.8 Å². The monoisotopic (exact) mass is 285 g/mol.